The van der Waals surface area contributed by atoms with E-state index in [2.05, 4.69) is 16.0 Å². The van der Waals surface area contributed by atoms with Crippen molar-refractivity contribution in [3.05, 3.63) is 35.4 Å². The highest BCUT2D eigenvalue weighted by Crippen LogP contribution is 2.07. The summed E-state index contributed by atoms with van der Waals surface area (Å²) in [5, 5.41) is 7.55. The summed E-state index contributed by atoms with van der Waals surface area (Å²) in [4.78, 5) is 34.4. The van der Waals surface area contributed by atoms with Gasteiger partial charge in [0.15, 0.2) is 0 Å². The third-order valence-corrected chi connectivity index (χ3v) is 3.16. The Morgan fingerprint density at radius 1 is 1.23 bits per heavy atom. The van der Waals surface area contributed by atoms with Gasteiger partial charge in [-0.1, -0.05) is 0 Å². The summed E-state index contributed by atoms with van der Waals surface area (Å²) in [7, 11) is 0. The largest absolute Gasteiger partial charge is 0.354 e. The normalized spacial score (nSPS) is 17.5. The van der Waals surface area contributed by atoms with E-state index in [-0.39, 0.29) is 24.1 Å². The van der Waals surface area contributed by atoms with Crippen LogP contribution in [0.5, 0.6) is 0 Å². The summed E-state index contributed by atoms with van der Waals surface area (Å²) in [5.41, 5.74) is -0.199. The topological polar surface area (TPSA) is 87.3 Å². The number of benzene rings is 1. The molecule has 1 atom stereocenters. The molecule has 0 saturated carbocycles. The number of hydrogen-bond donors (Lipinski definition) is 3. The minimum atomic E-state index is -0.868. The van der Waals surface area contributed by atoms with Crippen molar-refractivity contribution >= 4 is 17.7 Å². The van der Waals surface area contributed by atoms with E-state index in [1.165, 1.54) is 0 Å². The summed E-state index contributed by atoms with van der Waals surface area (Å²) < 4.78 is 26.0. The third kappa shape index (κ3) is 4.51. The van der Waals surface area contributed by atoms with Crippen molar-refractivity contribution < 1.29 is 23.2 Å². The molecule has 1 aliphatic heterocycles. The van der Waals surface area contributed by atoms with Crippen LogP contribution in [-0.4, -0.2) is 36.9 Å². The van der Waals surface area contributed by atoms with Crippen molar-refractivity contribution in [2.75, 3.05) is 13.1 Å². The first kappa shape index (κ1) is 15.9. The lowest BCUT2D eigenvalue weighted by Gasteiger charge is -2.23. The van der Waals surface area contributed by atoms with Gasteiger partial charge in [0.1, 0.15) is 11.6 Å². The molecule has 3 amide bonds. The van der Waals surface area contributed by atoms with Crippen molar-refractivity contribution in [3.8, 4) is 0 Å². The van der Waals surface area contributed by atoms with Gasteiger partial charge in [0.2, 0.25) is 11.8 Å². The quantitative estimate of drug-likeness (QED) is 0.736. The lowest BCUT2D eigenvalue weighted by Crippen LogP contribution is -2.50. The van der Waals surface area contributed by atoms with Crippen LogP contribution in [0, 0.1) is 11.6 Å². The monoisotopic (exact) mass is 311 g/mol. The average molecular weight is 311 g/mol. The second-order valence-corrected chi connectivity index (χ2v) is 4.95. The molecule has 3 N–H and O–H groups in total. The molecule has 1 aliphatic rings. The maximum absolute atomic E-state index is 13.0. The number of carbonyl (C=O) groups excluding carboxylic acids is 3. The lowest BCUT2D eigenvalue weighted by molar-refractivity contribution is -0.125. The second-order valence-electron chi connectivity index (χ2n) is 4.95. The van der Waals surface area contributed by atoms with Gasteiger partial charge in [-0.25, -0.2) is 8.78 Å². The highest BCUT2D eigenvalue weighted by molar-refractivity contribution is 5.96. The maximum Gasteiger partial charge on any atom is 0.251 e. The number of halogens is 2. The highest BCUT2D eigenvalue weighted by atomic mass is 19.1. The number of amides is 3. The summed E-state index contributed by atoms with van der Waals surface area (Å²) in [6.45, 7) is 0.0229. The van der Waals surface area contributed by atoms with Gasteiger partial charge in [-0.3, -0.25) is 14.4 Å². The number of hydrogen-bond acceptors (Lipinski definition) is 3. The molecule has 1 saturated heterocycles. The van der Waals surface area contributed by atoms with Crippen LogP contribution in [0.15, 0.2) is 18.2 Å². The fraction of sp³-hybridized carbons (Fsp3) is 0.357. The molecule has 0 aliphatic carbocycles. The van der Waals surface area contributed by atoms with E-state index in [1.807, 2.05) is 0 Å². The summed E-state index contributed by atoms with van der Waals surface area (Å²) in [6, 6.07) is 2.23. The Hall–Kier alpha value is -2.51. The number of carbonyl (C=O) groups is 3. The molecule has 1 unspecified atom stereocenters. The van der Waals surface area contributed by atoms with E-state index >= 15 is 0 Å². The molecule has 1 aromatic carbocycles. The first-order valence-corrected chi connectivity index (χ1v) is 6.74. The van der Waals surface area contributed by atoms with Gasteiger partial charge < -0.3 is 16.0 Å². The van der Waals surface area contributed by atoms with Crippen LogP contribution in [0.4, 0.5) is 8.78 Å². The zero-order valence-corrected chi connectivity index (χ0v) is 11.6. The summed E-state index contributed by atoms with van der Waals surface area (Å²) in [6.07, 6.45) is 0.862. The minimum Gasteiger partial charge on any atom is -0.354 e. The van der Waals surface area contributed by atoms with Gasteiger partial charge in [-0.15, -0.1) is 0 Å². The van der Waals surface area contributed by atoms with E-state index < -0.39 is 23.4 Å². The Morgan fingerprint density at radius 2 is 1.91 bits per heavy atom. The summed E-state index contributed by atoms with van der Waals surface area (Å²) in [5.74, 6) is -2.98. The van der Waals surface area contributed by atoms with Crippen LogP contribution in [0.2, 0.25) is 0 Å². The Bertz CT molecular complexity index is 577. The van der Waals surface area contributed by atoms with Crippen molar-refractivity contribution in [1.82, 2.24) is 16.0 Å². The molecule has 0 radical (unpaired) electrons. The zero-order valence-electron chi connectivity index (χ0n) is 11.6. The fourth-order valence-electron chi connectivity index (χ4n) is 2.08. The maximum atomic E-state index is 13.0. The molecule has 8 heteroatoms. The van der Waals surface area contributed by atoms with Gasteiger partial charge in [0, 0.05) is 30.6 Å². The van der Waals surface area contributed by atoms with E-state index in [1.54, 1.807) is 0 Å². The molecule has 1 aromatic rings. The van der Waals surface area contributed by atoms with E-state index in [0.717, 1.165) is 12.1 Å². The Kier molecular flexibility index (Phi) is 5.03. The van der Waals surface area contributed by atoms with Crippen LogP contribution >= 0.6 is 0 Å². The first-order valence-electron chi connectivity index (χ1n) is 6.74. The molecule has 0 spiro atoms. The Labute approximate surface area is 125 Å². The molecule has 1 fully saturated rings. The molecule has 118 valence electrons. The van der Waals surface area contributed by atoms with Crippen LogP contribution in [-0.2, 0) is 9.59 Å². The molecule has 22 heavy (non-hydrogen) atoms. The molecule has 2 rings (SSSR count). The van der Waals surface area contributed by atoms with E-state index in [9.17, 15) is 23.2 Å². The van der Waals surface area contributed by atoms with Crippen LogP contribution < -0.4 is 16.0 Å². The lowest BCUT2D eigenvalue weighted by atomic mass is 10.1. The molecule has 1 heterocycles. The van der Waals surface area contributed by atoms with Crippen LogP contribution in [0.1, 0.15) is 23.2 Å². The number of rotatable bonds is 4. The molecule has 0 bridgehead atoms. The number of piperidine rings is 1. The molecular formula is C14H15F2N3O3. The Balaban J connectivity index is 1.80. The Morgan fingerprint density at radius 3 is 2.50 bits per heavy atom. The van der Waals surface area contributed by atoms with Crippen molar-refractivity contribution in [2.45, 2.75) is 18.9 Å². The van der Waals surface area contributed by atoms with Crippen molar-refractivity contribution in [1.29, 1.82) is 0 Å². The van der Waals surface area contributed by atoms with Crippen molar-refractivity contribution in [2.24, 2.45) is 0 Å². The van der Waals surface area contributed by atoms with Gasteiger partial charge in [-0.05, 0) is 18.6 Å². The highest BCUT2D eigenvalue weighted by Gasteiger charge is 2.19. The van der Waals surface area contributed by atoms with Crippen molar-refractivity contribution in [3.63, 3.8) is 0 Å². The average Bonchev–Trinajstić information content (AvgIpc) is 2.46. The van der Waals surface area contributed by atoms with E-state index in [4.69, 9.17) is 0 Å². The molecule has 0 aromatic heterocycles. The molecule has 6 nitrogen and oxygen atoms in total. The van der Waals surface area contributed by atoms with Gasteiger partial charge in [0.05, 0.1) is 6.54 Å². The smallest absolute Gasteiger partial charge is 0.251 e. The minimum absolute atomic E-state index is 0.0630. The number of nitrogens with one attached hydrogen (secondary N) is 3. The predicted octanol–water partition coefficient (Wildman–Crippen LogP) is 0.0894. The second kappa shape index (κ2) is 6.97. The SMILES string of the molecule is O=C1CCC(NC(=O)CNC(=O)c2cc(F)cc(F)c2)CN1. The van der Waals surface area contributed by atoms with Gasteiger partial charge >= 0.3 is 0 Å². The van der Waals surface area contributed by atoms with E-state index in [0.29, 0.717) is 25.5 Å². The predicted molar refractivity (Wildman–Crippen MR) is 72.9 cm³/mol. The molecular weight excluding hydrogens is 296 g/mol. The third-order valence-electron chi connectivity index (χ3n) is 3.16. The summed E-state index contributed by atoms with van der Waals surface area (Å²) >= 11 is 0. The first-order chi connectivity index (χ1) is 10.4. The van der Waals surface area contributed by atoms with Gasteiger partial charge in [0.25, 0.3) is 5.91 Å². The van der Waals surface area contributed by atoms with Crippen LogP contribution in [0.25, 0.3) is 0 Å². The van der Waals surface area contributed by atoms with Crippen LogP contribution in [0.3, 0.4) is 0 Å². The zero-order chi connectivity index (χ0) is 16.1. The fourth-order valence-corrected chi connectivity index (χ4v) is 2.08. The van der Waals surface area contributed by atoms with Gasteiger partial charge in [-0.2, -0.15) is 0 Å². The standard InChI is InChI=1S/C14H15F2N3O3/c15-9-3-8(4-10(16)5-9)14(22)18-7-13(21)19-11-1-2-12(20)17-6-11/h3-5,11H,1-2,6-7H2,(H,17,20)(H,18,22)(H,19,21).